The van der Waals surface area contributed by atoms with E-state index in [0.29, 0.717) is 5.92 Å². The lowest BCUT2D eigenvalue weighted by molar-refractivity contribution is 0.628. The van der Waals surface area contributed by atoms with Gasteiger partial charge in [-0.05, 0) is 47.1 Å². The molecule has 27 heavy (non-hydrogen) atoms. The summed E-state index contributed by atoms with van der Waals surface area (Å²) in [4.78, 5) is 9.29. The van der Waals surface area contributed by atoms with E-state index in [4.69, 9.17) is 4.98 Å². The molecule has 0 amide bonds. The van der Waals surface area contributed by atoms with E-state index in [9.17, 15) is 4.39 Å². The fourth-order valence-electron chi connectivity index (χ4n) is 3.45. The first kappa shape index (κ1) is 17.4. The second kappa shape index (κ2) is 6.95. The standard InChI is InChI=1S/C23H22FN3/c1-4-15(2)23-20-11-17(16-6-5-7-18(24)10-16)8-9-19(20)21(12-25-23)22-13-27(3)14-26-22/h5-15H,4H2,1-3H3. The third-order valence-electron chi connectivity index (χ3n) is 5.14. The summed E-state index contributed by atoms with van der Waals surface area (Å²) in [6.07, 6.45) is 6.73. The Kier molecular flexibility index (Phi) is 4.48. The fourth-order valence-corrected chi connectivity index (χ4v) is 3.45. The van der Waals surface area contributed by atoms with Crippen molar-refractivity contribution in [2.75, 3.05) is 0 Å². The predicted octanol–water partition coefficient (Wildman–Crippen LogP) is 5.95. The SMILES string of the molecule is CCC(C)c1ncc(-c2cn(C)cn2)c2ccc(-c3cccc(F)c3)cc12. The highest BCUT2D eigenvalue weighted by Crippen LogP contribution is 2.35. The Balaban J connectivity index is 1.96. The summed E-state index contributed by atoms with van der Waals surface area (Å²) in [7, 11) is 1.96. The van der Waals surface area contributed by atoms with Crippen molar-refractivity contribution >= 4 is 10.8 Å². The van der Waals surface area contributed by atoms with Gasteiger partial charge in [-0.15, -0.1) is 0 Å². The maximum absolute atomic E-state index is 13.7. The average Bonchev–Trinajstić information content (AvgIpc) is 3.12. The zero-order valence-electron chi connectivity index (χ0n) is 15.8. The lowest BCUT2D eigenvalue weighted by atomic mass is 9.93. The molecule has 0 spiro atoms. The van der Waals surface area contributed by atoms with Crippen LogP contribution in [-0.4, -0.2) is 14.5 Å². The summed E-state index contributed by atoms with van der Waals surface area (Å²) in [6, 6.07) is 13.0. The van der Waals surface area contributed by atoms with Crippen molar-refractivity contribution in [3.05, 3.63) is 72.7 Å². The van der Waals surface area contributed by atoms with Gasteiger partial charge in [0.1, 0.15) is 5.82 Å². The highest BCUT2D eigenvalue weighted by molar-refractivity contribution is 5.99. The highest BCUT2D eigenvalue weighted by atomic mass is 19.1. The Bertz CT molecular complexity index is 1110. The molecule has 4 aromatic rings. The van der Waals surface area contributed by atoms with Crippen LogP contribution in [0.25, 0.3) is 33.2 Å². The number of halogens is 1. The number of nitrogens with zero attached hydrogens (tertiary/aromatic N) is 3. The van der Waals surface area contributed by atoms with Crippen LogP contribution in [0.4, 0.5) is 4.39 Å². The summed E-state index contributed by atoms with van der Waals surface area (Å²) >= 11 is 0. The van der Waals surface area contributed by atoms with Crippen molar-refractivity contribution in [1.29, 1.82) is 0 Å². The van der Waals surface area contributed by atoms with Gasteiger partial charge in [0.15, 0.2) is 0 Å². The summed E-state index contributed by atoms with van der Waals surface area (Å²) in [5.41, 5.74) is 4.86. The Morgan fingerprint density at radius 2 is 1.85 bits per heavy atom. The largest absolute Gasteiger partial charge is 0.340 e. The van der Waals surface area contributed by atoms with Gasteiger partial charge in [0.2, 0.25) is 0 Å². The molecule has 0 bridgehead atoms. The molecule has 0 aliphatic carbocycles. The fraction of sp³-hybridized carbons (Fsp3) is 0.217. The zero-order valence-corrected chi connectivity index (χ0v) is 15.8. The van der Waals surface area contributed by atoms with Crippen LogP contribution >= 0.6 is 0 Å². The number of imidazole rings is 1. The molecule has 2 heterocycles. The van der Waals surface area contributed by atoms with E-state index in [1.165, 1.54) is 6.07 Å². The van der Waals surface area contributed by atoms with Crippen molar-refractivity contribution in [2.24, 2.45) is 7.05 Å². The molecule has 4 heteroatoms. The Morgan fingerprint density at radius 1 is 1.04 bits per heavy atom. The minimum absolute atomic E-state index is 0.227. The van der Waals surface area contributed by atoms with Gasteiger partial charge >= 0.3 is 0 Å². The molecule has 4 rings (SSSR count). The summed E-state index contributed by atoms with van der Waals surface area (Å²) in [5, 5.41) is 2.23. The number of rotatable bonds is 4. The third-order valence-corrected chi connectivity index (χ3v) is 5.14. The molecule has 0 aliphatic rings. The number of pyridine rings is 1. The monoisotopic (exact) mass is 359 g/mol. The first-order valence-corrected chi connectivity index (χ1v) is 9.23. The van der Waals surface area contributed by atoms with E-state index >= 15 is 0 Å². The van der Waals surface area contributed by atoms with Crippen molar-refractivity contribution < 1.29 is 4.39 Å². The molecular weight excluding hydrogens is 337 g/mol. The quantitative estimate of drug-likeness (QED) is 0.450. The van der Waals surface area contributed by atoms with Gasteiger partial charge in [-0.25, -0.2) is 9.37 Å². The molecule has 0 N–H and O–H groups in total. The molecule has 0 aliphatic heterocycles. The van der Waals surface area contributed by atoms with Crippen molar-refractivity contribution in [2.45, 2.75) is 26.2 Å². The van der Waals surface area contributed by atoms with E-state index in [2.05, 4.69) is 31.0 Å². The van der Waals surface area contributed by atoms with Gasteiger partial charge in [-0.2, -0.15) is 0 Å². The van der Waals surface area contributed by atoms with Crippen LogP contribution in [0.5, 0.6) is 0 Å². The van der Waals surface area contributed by atoms with Crippen molar-refractivity contribution in [3.8, 4) is 22.4 Å². The number of aromatic nitrogens is 3. The Morgan fingerprint density at radius 3 is 2.56 bits per heavy atom. The first-order chi connectivity index (χ1) is 13.1. The maximum atomic E-state index is 13.7. The number of hydrogen-bond acceptors (Lipinski definition) is 2. The second-order valence-electron chi connectivity index (χ2n) is 7.06. The van der Waals surface area contributed by atoms with Gasteiger partial charge in [0.25, 0.3) is 0 Å². The van der Waals surface area contributed by atoms with Crippen LogP contribution in [0.3, 0.4) is 0 Å². The van der Waals surface area contributed by atoms with Crippen LogP contribution < -0.4 is 0 Å². The van der Waals surface area contributed by atoms with Gasteiger partial charge in [-0.1, -0.05) is 38.1 Å². The molecule has 0 fully saturated rings. The number of benzene rings is 2. The van der Waals surface area contributed by atoms with Crippen molar-refractivity contribution in [3.63, 3.8) is 0 Å². The number of hydrogen-bond donors (Lipinski definition) is 0. The highest BCUT2D eigenvalue weighted by Gasteiger charge is 2.15. The molecular formula is C23H22FN3. The van der Waals surface area contributed by atoms with E-state index in [1.54, 1.807) is 18.5 Å². The summed E-state index contributed by atoms with van der Waals surface area (Å²) in [5.74, 6) is 0.114. The molecule has 0 saturated carbocycles. The van der Waals surface area contributed by atoms with Gasteiger partial charge in [0, 0.05) is 30.4 Å². The molecule has 0 radical (unpaired) electrons. The van der Waals surface area contributed by atoms with Crippen LogP contribution in [0.2, 0.25) is 0 Å². The number of fused-ring (bicyclic) bond motifs is 1. The van der Waals surface area contributed by atoms with E-state index in [1.807, 2.05) is 36.1 Å². The average molecular weight is 359 g/mol. The van der Waals surface area contributed by atoms with Gasteiger partial charge < -0.3 is 4.57 Å². The second-order valence-corrected chi connectivity index (χ2v) is 7.06. The lowest BCUT2D eigenvalue weighted by Crippen LogP contribution is -1.99. The van der Waals surface area contributed by atoms with Crippen LogP contribution in [0, 0.1) is 5.82 Å². The number of aryl methyl sites for hydroxylation is 1. The molecule has 2 aromatic heterocycles. The topological polar surface area (TPSA) is 30.7 Å². The predicted molar refractivity (Wildman–Crippen MR) is 108 cm³/mol. The first-order valence-electron chi connectivity index (χ1n) is 9.23. The van der Waals surface area contributed by atoms with Crippen LogP contribution in [-0.2, 0) is 7.05 Å². The molecule has 3 nitrogen and oxygen atoms in total. The van der Waals surface area contributed by atoms with Gasteiger partial charge in [0.05, 0.1) is 17.7 Å². The van der Waals surface area contributed by atoms with Crippen LogP contribution in [0.1, 0.15) is 31.9 Å². The van der Waals surface area contributed by atoms with Crippen molar-refractivity contribution in [1.82, 2.24) is 14.5 Å². The lowest BCUT2D eigenvalue weighted by Gasteiger charge is -2.15. The van der Waals surface area contributed by atoms with E-state index in [-0.39, 0.29) is 5.82 Å². The molecule has 1 atom stereocenters. The normalized spacial score (nSPS) is 12.4. The minimum atomic E-state index is -0.227. The summed E-state index contributed by atoms with van der Waals surface area (Å²) in [6.45, 7) is 4.36. The third kappa shape index (κ3) is 3.23. The molecule has 2 aromatic carbocycles. The van der Waals surface area contributed by atoms with Crippen LogP contribution in [0.15, 0.2) is 61.2 Å². The molecule has 136 valence electrons. The maximum Gasteiger partial charge on any atom is 0.123 e. The minimum Gasteiger partial charge on any atom is -0.340 e. The molecule has 0 saturated heterocycles. The summed E-state index contributed by atoms with van der Waals surface area (Å²) < 4.78 is 15.6. The Hall–Kier alpha value is -3.01. The van der Waals surface area contributed by atoms with Gasteiger partial charge in [-0.3, -0.25) is 4.98 Å². The van der Waals surface area contributed by atoms with E-state index < -0.39 is 0 Å². The molecule has 1 unspecified atom stereocenters. The smallest absolute Gasteiger partial charge is 0.123 e. The van der Waals surface area contributed by atoms with E-state index in [0.717, 1.165) is 45.3 Å². The zero-order chi connectivity index (χ0) is 19.0. The Labute approximate surface area is 158 Å².